The number of unbranched alkanes of at least 4 members (excludes halogenated alkanes) is 1. The molecule has 19 heavy (non-hydrogen) atoms. The SMILES string of the molecule is CN1CCN(c2ccc(CCCCN)cc2Cl)CC1. The van der Waals surface area contributed by atoms with Crippen LogP contribution in [-0.4, -0.2) is 44.7 Å². The van der Waals surface area contributed by atoms with Crippen LogP contribution in [0.25, 0.3) is 0 Å². The molecule has 0 amide bonds. The van der Waals surface area contributed by atoms with Gasteiger partial charge < -0.3 is 15.5 Å². The van der Waals surface area contributed by atoms with Crippen molar-refractivity contribution >= 4 is 17.3 Å². The molecule has 0 unspecified atom stereocenters. The Morgan fingerprint density at radius 3 is 2.53 bits per heavy atom. The van der Waals surface area contributed by atoms with Crippen molar-refractivity contribution < 1.29 is 0 Å². The van der Waals surface area contributed by atoms with Crippen LogP contribution >= 0.6 is 11.6 Å². The van der Waals surface area contributed by atoms with Crippen LogP contribution in [0.4, 0.5) is 5.69 Å². The van der Waals surface area contributed by atoms with Gasteiger partial charge in [0.25, 0.3) is 0 Å². The van der Waals surface area contributed by atoms with E-state index in [1.54, 1.807) is 0 Å². The molecule has 1 aliphatic heterocycles. The lowest BCUT2D eigenvalue weighted by Crippen LogP contribution is -2.44. The smallest absolute Gasteiger partial charge is 0.0642 e. The van der Waals surface area contributed by atoms with Gasteiger partial charge in [-0.15, -0.1) is 0 Å². The fourth-order valence-corrected chi connectivity index (χ4v) is 2.81. The number of rotatable bonds is 5. The van der Waals surface area contributed by atoms with E-state index in [0.29, 0.717) is 0 Å². The number of anilines is 1. The minimum atomic E-state index is 0.771. The number of hydrogen-bond donors (Lipinski definition) is 1. The molecule has 1 aromatic rings. The lowest BCUT2D eigenvalue weighted by atomic mass is 10.1. The second kappa shape index (κ2) is 7.13. The molecule has 0 aromatic heterocycles. The molecule has 2 N–H and O–H groups in total. The van der Waals surface area contributed by atoms with Crippen LogP contribution in [0.15, 0.2) is 18.2 Å². The molecule has 0 atom stereocenters. The molecule has 0 radical (unpaired) electrons. The van der Waals surface area contributed by atoms with E-state index in [1.807, 2.05) is 0 Å². The van der Waals surface area contributed by atoms with Crippen molar-refractivity contribution in [1.82, 2.24) is 4.90 Å². The Morgan fingerprint density at radius 2 is 1.89 bits per heavy atom. The first-order valence-electron chi connectivity index (χ1n) is 7.12. The Kier molecular flexibility index (Phi) is 5.49. The first kappa shape index (κ1) is 14.6. The van der Waals surface area contributed by atoms with Gasteiger partial charge in [0.1, 0.15) is 0 Å². The number of piperazine rings is 1. The summed E-state index contributed by atoms with van der Waals surface area (Å²) < 4.78 is 0. The van der Waals surface area contributed by atoms with Crippen LogP contribution in [0.3, 0.4) is 0 Å². The lowest BCUT2D eigenvalue weighted by molar-refractivity contribution is 0.313. The van der Waals surface area contributed by atoms with Gasteiger partial charge in [-0.05, 0) is 50.6 Å². The summed E-state index contributed by atoms with van der Waals surface area (Å²) in [4.78, 5) is 4.73. The summed E-state index contributed by atoms with van der Waals surface area (Å²) in [5.41, 5.74) is 8.01. The van der Waals surface area contributed by atoms with Crippen LogP contribution in [0.2, 0.25) is 5.02 Å². The minimum absolute atomic E-state index is 0.771. The Morgan fingerprint density at radius 1 is 1.16 bits per heavy atom. The third-order valence-corrected chi connectivity index (χ3v) is 4.08. The summed E-state index contributed by atoms with van der Waals surface area (Å²) in [7, 11) is 2.17. The highest BCUT2D eigenvalue weighted by Crippen LogP contribution is 2.28. The monoisotopic (exact) mass is 281 g/mol. The zero-order valence-electron chi connectivity index (χ0n) is 11.7. The van der Waals surface area contributed by atoms with Crippen molar-refractivity contribution in [2.45, 2.75) is 19.3 Å². The summed E-state index contributed by atoms with van der Waals surface area (Å²) in [5.74, 6) is 0. The van der Waals surface area contributed by atoms with E-state index in [1.165, 1.54) is 11.3 Å². The largest absolute Gasteiger partial charge is 0.368 e. The maximum absolute atomic E-state index is 6.43. The lowest BCUT2D eigenvalue weighted by Gasteiger charge is -2.34. The molecule has 0 saturated carbocycles. The Labute approximate surface area is 121 Å². The van der Waals surface area contributed by atoms with Crippen LogP contribution in [0, 0.1) is 0 Å². The molecular weight excluding hydrogens is 258 g/mol. The molecule has 0 spiro atoms. The number of aryl methyl sites for hydroxylation is 1. The minimum Gasteiger partial charge on any atom is -0.368 e. The second-order valence-electron chi connectivity index (χ2n) is 5.32. The molecular formula is C15H24ClN3. The summed E-state index contributed by atoms with van der Waals surface area (Å²) >= 11 is 6.43. The Hall–Kier alpha value is -0.770. The van der Waals surface area contributed by atoms with Crippen molar-refractivity contribution in [3.8, 4) is 0 Å². The number of likely N-dealkylation sites (N-methyl/N-ethyl adjacent to an activating group) is 1. The quantitative estimate of drug-likeness (QED) is 0.841. The van der Waals surface area contributed by atoms with Gasteiger partial charge in [0.15, 0.2) is 0 Å². The van der Waals surface area contributed by atoms with Crippen LogP contribution in [-0.2, 0) is 6.42 Å². The molecule has 1 heterocycles. The third-order valence-electron chi connectivity index (χ3n) is 3.78. The topological polar surface area (TPSA) is 32.5 Å². The highest BCUT2D eigenvalue weighted by Gasteiger charge is 2.16. The summed E-state index contributed by atoms with van der Waals surface area (Å²) in [6, 6.07) is 6.49. The molecule has 2 rings (SSSR count). The summed E-state index contributed by atoms with van der Waals surface area (Å²) in [6.45, 7) is 5.10. The molecule has 0 aliphatic carbocycles. The van der Waals surface area contributed by atoms with Gasteiger partial charge in [0, 0.05) is 26.2 Å². The number of nitrogens with two attached hydrogens (primary N) is 1. The molecule has 1 aromatic carbocycles. The van der Waals surface area contributed by atoms with Gasteiger partial charge in [-0.2, -0.15) is 0 Å². The molecule has 1 fully saturated rings. The maximum atomic E-state index is 6.43. The average molecular weight is 282 g/mol. The van der Waals surface area contributed by atoms with Crippen molar-refractivity contribution in [3.63, 3.8) is 0 Å². The normalized spacial score (nSPS) is 16.9. The highest BCUT2D eigenvalue weighted by atomic mass is 35.5. The maximum Gasteiger partial charge on any atom is 0.0642 e. The predicted octanol–water partition coefficient (Wildman–Crippen LogP) is 2.37. The van der Waals surface area contributed by atoms with Crippen LogP contribution in [0.5, 0.6) is 0 Å². The zero-order valence-corrected chi connectivity index (χ0v) is 12.5. The first-order valence-corrected chi connectivity index (χ1v) is 7.50. The van der Waals surface area contributed by atoms with Crippen molar-refractivity contribution in [2.75, 3.05) is 44.7 Å². The van der Waals surface area contributed by atoms with Gasteiger partial charge in [0.05, 0.1) is 10.7 Å². The van der Waals surface area contributed by atoms with Gasteiger partial charge in [0.2, 0.25) is 0 Å². The van der Waals surface area contributed by atoms with Crippen molar-refractivity contribution in [1.29, 1.82) is 0 Å². The van der Waals surface area contributed by atoms with Gasteiger partial charge in [-0.1, -0.05) is 17.7 Å². The van der Waals surface area contributed by atoms with Crippen molar-refractivity contribution in [2.24, 2.45) is 5.73 Å². The number of hydrogen-bond acceptors (Lipinski definition) is 3. The van der Waals surface area contributed by atoms with E-state index in [9.17, 15) is 0 Å². The van der Waals surface area contributed by atoms with Crippen molar-refractivity contribution in [3.05, 3.63) is 28.8 Å². The number of benzene rings is 1. The zero-order chi connectivity index (χ0) is 13.7. The molecule has 106 valence electrons. The summed E-state index contributed by atoms with van der Waals surface area (Å²) in [5, 5.41) is 0.884. The molecule has 3 nitrogen and oxygen atoms in total. The number of nitrogens with zero attached hydrogens (tertiary/aromatic N) is 2. The Balaban J connectivity index is 1.98. The fraction of sp³-hybridized carbons (Fsp3) is 0.600. The highest BCUT2D eigenvalue weighted by molar-refractivity contribution is 6.33. The van der Waals surface area contributed by atoms with Gasteiger partial charge >= 0.3 is 0 Å². The Bertz CT molecular complexity index is 400. The van der Waals surface area contributed by atoms with Gasteiger partial charge in [-0.25, -0.2) is 0 Å². The average Bonchev–Trinajstić information content (AvgIpc) is 2.41. The molecule has 1 aliphatic rings. The van der Waals surface area contributed by atoms with Crippen LogP contribution in [0.1, 0.15) is 18.4 Å². The van der Waals surface area contributed by atoms with E-state index in [2.05, 4.69) is 35.0 Å². The molecule has 4 heteroatoms. The first-order chi connectivity index (χ1) is 9.20. The van der Waals surface area contributed by atoms with E-state index in [0.717, 1.165) is 57.0 Å². The standard InChI is InChI=1S/C15H24ClN3/c1-18-8-10-19(11-9-18)15-6-5-13(12-14(15)16)4-2-3-7-17/h5-6,12H,2-4,7-11,17H2,1H3. The molecule has 1 saturated heterocycles. The second-order valence-corrected chi connectivity index (χ2v) is 5.73. The van der Waals surface area contributed by atoms with E-state index in [4.69, 9.17) is 17.3 Å². The van der Waals surface area contributed by atoms with Crippen LogP contribution < -0.4 is 10.6 Å². The van der Waals surface area contributed by atoms with Gasteiger partial charge in [-0.3, -0.25) is 0 Å². The number of halogens is 1. The molecule has 0 bridgehead atoms. The van der Waals surface area contributed by atoms with E-state index < -0.39 is 0 Å². The van der Waals surface area contributed by atoms with E-state index in [-0.39, 0.29) is 0 Å². The summed E-state index contributed by atoms with van der Waals surface area (Å²) in [6.07, 6.45) is 3.29. The third kappa shape index (κ3) is 4.10. The predicted molar refractivity (Wildman–Crippen MR) is 83.2 cm³/mol. The fourth-order valence-electron chi connectivity index (χ4n) is 2.48. The van der Waals surface area contributed by atoms with E-state index >= 15 is 0 Å².